The van der Waals surface area contributed by atoms with E-state index in [2.05, 4.69) is 32.9 Å². The zero-order valence-corrected chi connectivity index (χ0v) is 16.2. The number of thiazole rings is 1. The minimum Gasteiger partial charge on any atom is -0.497 e. The number of hydrogen-bond donors (Lipinski definition) is 0. The summed E-state index contributed by atoms with van der Waals surface area (Å²) in [5, 5.41) is 1.10. The largest absolute Gasteiger partial charge is 0.497 e. The summed E-state index contributed by atoms with van der Waals surface area (Å²) < 4.78 is 6.50. The van der Waals surface area contributed by atoms with Crippen molar-refractivity contribution >= 4 is 32.6 Å². The fourth-order valence-corrected chi connectivity index (χ4v) is 4.33. The molecule has 1 fully saturated rings. The van der Waals surface area contributed by atoms with Crippen LogP contribution in [0.25, 0.3) is 10.2 Å². The summed E-state index contributed by atoms with van der Waals surface area (Å²) in [6, 6.07) is 6.55. The van der Waals surface area contributed by atoms with Gasteiger partial charge in [-0.05, 0) is 37.5 Å². The number of methoxy groups -OCH3 is 1. The number of nitrogens with zero attached hydrogens (tertiary/aromatic N) is 5. The van der Waals surface area contributed by atoms with E-state index >= 15 is 0 Å². The molecule has 1 saturated heterocycles. The summed E-state index contributed by atoms with van der Waals surface area (Å²) in [6.45, 7) is 4.01. The van der Waals surface area contributed by atoms with Crippen molar-refractivity contribution in [1.82, 2.24) is 15.0 Å². The number of rotatable bonds is 4. The average Bonchev–Trinajstić information content (AvgIpc) is 3.11. The molecule has 136 valence electrons. The van der Waals surface area contributed by atoms with Crippen LogP contribution in [0, 0.1) is 6.92 Å². The zero-order valence-electron chi connectivity index (χ0n) is 15.3. The van der Waals surface area contributed by atoms with Gasteiger partial charge >= 0.3 is 0 Å². The van der Waals surface area contributed by atoms with Crippen molar-refractivity contribution in [3.8, 4) is 5.75 Å². The highest BCUT2D eigenvalue weighted by Gasteiger charge is 2.25. The quantitative estimate of drug-likeness (QED) is 0.701. The standard InChI is InChI=1S/C19H23N5OS/c1-13-11-20-18(21-12-13)23(2)14-6-8-24(9-7-14)19-22-16-10-15(25-3)4-5-17(16)26-19/h4-5,10-12,14H,6-9H2,1-3H3. The number of fused-ring (bicyclic) bond motifs is 1. The number of piperidine rings is 1. The van der Waals surface area contributed by atoms with E-state index in [-0.39, 0.29) is 0 Å². The van der Waals surface area contributed by atoms with E-state index in [4.69, 9.17) is 9.72 Å². The first-order valence-electron chi connectivity index (χ1n) is 8.85. The third kappa shape index (κ3) is 3.31. The molecule has 4 rings (SSSR count). The van der Waals surface area contributed by atoms with Gasteiger partial charge in [-0.25, -0.2) is 15.0 Å². The molecule has 1 aliphatic rings. The van der Waals surface area contributed by atoms with Crippen LogP contribution in [0.5, 0.6) is 5.75 Å². The summed E-state index contributed by atoms with van der Waals surface area (Å²) in [7, 11) is 3.78. The molecule has 0 N–H and O–H groups in total. The maximum Gasteiger partial charge on any atom is 0.225 e. The van der Waals surface area contributed by atoms with E-state index in [1.165, 1.54) is 4.70 Å². The first kappa shape index (κ1) is 17.0. The highest BCUT2D eigenvalue weighted by molar-refractivity contribution is 7.22. The van der Waals surface area contributed by atoms with Gasteiger partial charge in [-0.1, -0.05) is 11.3 Å². The van der Waals surface area contributed by atoms with Gasteiger partial charge in [-0.2, -0.15) is 0 Å². The Morgan fingerprint density at radius 2 is 1.92 bits per heavy atom. The Morgan fingerprint density at radius 1 is 1.19 bits per heavy atom. The second-order valence-electron chi connectivity index (χ2n) is 6.72. The normalized spacial score (nSPS) is 15.4. The fraction of sp³-hybridized carbons (Fsp3) is 0.421. The predicted molar refractivity (Wildman–Crippen MR) is 107 cm³/mol. The summed E-state index contributed by atoms with van der Waals surface area (Å²) in [6.07, 6.45) is 5.91. The summed E-state index contributed by atoms with van der Waals surface area (Å²) in [5.41, 5.74) is 2.10. The summed E-state index contributed by atoms with van der Waals surface area (Å²) in [4.78, 5) is 18.3. The lowest BCUT2D eigenvalue weighted by molar-refractivity contribution is 0.415. The van der Waals surface area contributed by atoms with Gasteiger partial charge < -0.3 is 14.5 Å². The van der Waals surface area contributed by atoms with E-state index in [0.717, 1.165) is 53.8 Å². The molecule has 0 radical (unpaired) electrons. The van der Waals surface area contributed by atoms with Crippen molar-refractivity contribution in [3.63, 3.8) is 0 Å². The lowest BCUT2D eigenvalue weighted by atomic mass is 10.0. The fourth-order valence-electron chi connectivity index (χ4n) is 3.33. The van der Waals surface area contributed by atoms with Crippen LogP contribution in [0.4, 0.5) is 11.1 Å². The van der Waals surface area contributed by atoms with E-state index in [1.807, 2.05) is 31.5 Å². The van der Waals surface area contributed by atoms with Crippen LogP contribution in [0.15, 0.2) is 30.6 Å². The molecule has 2 aromatic heterocycles. The minimum absolute atomic E-state index is 0.462. The molecule has 0 saturated carbocycles. The van der Waals surface area contributed by atoms with Gasteiger partial charge in [0.1, 0.15) is 5.75 Å². The van der Waals surface area contributed by atoms with Gasteiger partial charge in [0, 0.05) is 44.6 Å². The van der Waals surface area contributed by atoms with Crippen molar-refractivity contribution < 1.29 is 4.74 Å². The number of ether oxygens (including phenoxy) is 1. The molecule has 3 aromatic rings. The smallest absolute Gasteiger partial charge is 0.225 e. The number of anilines is 2. The Balaban J connectivity index is 1.44. The molecule has 7 heteroatoms. The predicted octanol–water partition coefficient (Wildman–Crippen LogP) is 3.51. The minimum atomic E-state index is 0.462. The highest BCUT2D eigenvalue weighted by atomic mass is 32.1. The molecule has 0 bridgehead atoms. The second-order valence-corrected chi connectivity index (χ2v) is 7.73. The third-order valence-electron chi connectivity index (χ3n) is 4.95. The van der Waals surface area contributed by atoms with Crippen molar-refractivity contribution in [2.24, 2.45) is 0 Å². The van der Waals surface area contributed by atoms with Gasteiger partial charge in [-0.15, -0.1) is 0 Å². The van der Waals surface area contributed by atoms with Crippen LogP contribution in [0.2, 0.25) is 0 Å². The molecule has 0 unspecified atom stereocenters. The Labute approximate surface area is 157 Å². The van der Waals surface area contributed by atoms with Gasteiger partial charge in [0.15, 0.2) is 5.13 Å². The van der Waals surface area contributed by atoms with Crippen LogP contribution in [0.1, 0.15) is 18.4 Å². The molecule has 0 amide bonds. The van der Waals surface area contributed by atoms with Crippen molar-refractivity contribution in [2.45, 2.75) is 25.8 Å². The maximum absolute atomic E-state index is 5.30. The average molecular weight is 369 g/mol. The summed E-state index contributed by atoms with van der Waals surface area (Å²) >= 11 is 1.75. The molecule has 26 heavy (non-hydrogen) atoms. The van der Waals surface area contributed by atoms with E-state index < -0.39 is 0 Å². The number of hydrogen-bond acceptors (Lipinski definition) is 7. The van der Waals surface area contributed by atoms with Crippen molar-refractivity contribution in [3.05, 3.63) is 36.2 Å². The van der Waals surface area contributed by atoms with Gasteiger partial charge in [0.2, 0.25) is 5.95 Å². The van der Waals surface area contributed by atoms with Gasteiger partial charge in [0.25, 0.3) is 0 Å². The lowest BCUT2D eigenvalue weighted by Crippen LogP contribution is -2.44. The second kappa shape index (κ2) is 7.07. The van der Waals surface area contributed by atoms with Crippen LogP contribution >= 0.6 is 11.3 Å². The Bertz CT molecular complexity index is 887. The Morgan fingerprint density at radius 3 is 2.62 bits per heavy atom. The number of aromatic nitrogens is 3. The first-order valence-corrected chi connectivity index (χ1v) is 9.66. The molecule has 6 nitrogen and oxygen atoms in total. The molecular weight excluding hydrogens is 346 g/mol. The summed E-state index contributed by atoms with van der Waals surface area (Å²) in [5.74, 6) is 1.66. The third-order valence-corrected chi connectivity index (χ3v) is 6.05. The topological polar surface area (TPSA) is 54.4 Å². The van der Waals surface area contributed by atoms with Gasteiger partial charge in [0.05, 0.1) is 17.3 Å². The molecule has 3 heterocycles. The van der Waals surface area contributed by atoms with Crippen LogP contribution < -0.4 is 14.5 Å². The zero-order chi connectivity index (χ0) is 18.1. The Kier molecular flexibility index (Phi) is 4.63. The molecule has 1 aliphatic heterocycles. The lowest BCUT2D eigenvalue weighted by Gasteiger charge is -2.36. The van der Waals surface area contributed by atoms with Crippen molar-refractivity contribution in [1.29, 1.82) is 0 Å². The molecular formula is C19H23N5OS. The molecule has 0 spiro atoms. The SMILES string of the molecule is COc1ccc2sc(N3CCC(N(C)c4ncc(C)cn4)CC3)nc2c1. The van der Waals surface area contributed by atoms with E-state index in [1.54, 1.807) is 18.4 Å². The van der Waals surface area contributed by atoms with Crippen LogP contribution in [-0.4, -0.2) is 48.2 Å². The molecule has 1 aromatic carbocycles. The number of aryl methyl sites for hydroxylation is 1. The Hall–Kier alpha value is -2.41. The molecule has 0 atom stereocenters. The first-order chi connectivity index (χ1) is 12.6. The maximum atomic E-state index is 5.30. The monoisotopic (exact) mass is 369 g/mol. The van der Waals surface area contributed by atoms with E-state index in [0.29, 0.717) is 6.04 Å². The van der Waals surface area contributed by atoms with Crippen LogP contribution in [0.3, 0.4) is 0 Å². The highest BCUT2D eigenvalue weighted by Crippen LogP contribution is 2.33. The van der Waals surface area contributed by atoms with Crippen molar-refractivity contribution in [2.75, 3.05) is 37.0 Å². The number of benzene rings is 1. The van der Waals surface area contributed by atoms with Crippen LogP contribution in [-0.2, 0) is 0 Å². The van der Waals surface area contributed by atoms with Gasteiger partial charge in [-0.3, -0.25) is 0 Å². The molecule has 0 aliphatic carbocycles. The van der Waals surface area contributed by atoms with E-state index in [9.17, 15) is 0 Å².